The molecule has 2 heteroatoms. The smallest absolute Gasteiger partial charge is 0.159 e. The molecule has 1 aromatic heterocycles. The molecule has 0 fully saturated rings. The number of hydrogen-bond donors (Lipinski definition) is 0. The second-order valence-corrected chi connectivity index (χ2v) is 16.9. The zero-order chi connectivity index (χ0) is 39.7. The maximum atomic E-state index is 7.08. The van der Waals surface area contributed by atoms with Crippen molar-refractivity contribution in [1.29, 1.82) is 0 Å². The molecule has 0 amide bonds. The van der Waals surface area contributed by atoms with Crippen molar-refractivity contribution in [3.8, 4) is 22.3 Å². The van der Waals surface area contributed by atoms with Gasteiger partial charge in [0, 0.05) is 27.4 Å². The molecular formula is C57H43NO. The van der Waals surface area contributed by atoms with Crippen molar-refractivity contribution in [2.75, 3.05) is 4.90 Å². The third-order valence-electron chi connectivity index (χ3n) is 12.5. The highest BCUT2D eigenvalue weighted by Crippen LogP contribution is 2.60. The summed E-state index contributed by atoms with van der Waals surface area (Å²) in [4.78, 5) is 2.43. The lowest BCUT2D eigenvalue weighted by Crippen LogP contribution is -2.28. The summed E-state index contributed by atoms with van der Waals surface area (Å²) in [7, 11) is 0. The second-order valence-electron chi connectivity index (χ2n) is 16.9. The molecule has 0 bridgehead atoms. The molecule has 1 aliphatic rings. The van der Waals surface area contributed by atoms with E-state index in [-0.39, 0.29) is 5.41 Å². The monoisotopic (exact) mass is 757 g/mol. The predicted molar refractivity (Wildman–Crippen MR) is 247 cm³/mol. The summed E-state index contributed by atoms with van der Waals surface area (Å²) in [6, 6.07) is 75.5. The van der Waals surface area contributed by atoms with Gasteiger partial charge < -0.3 is 9.32 Å². The zero-order valence-electron chi connectivity index (χ0n) is 33.5. The third-order valence-corrected chi connectivity index (χ3v) is 12.5. The van der Waals surface area contributed by atoms with Crippen LogP contribution in [0.5, 0.6) is 0 Å². The highest BCUT2D eigenvalue weighted by molar-refractivity contribution is 6.18. The van der Waals surface area contributed by atoms with Gasteiger partial charge >= 0.3 is 0 Å². The van der Waals surface area contributed by atoms with Gasteiger partial charge in [-0.05, 0) is 85.6 Å². The molecule has 1 heterocycles. The van der Waals surface area contributed by atoms with Gasteiger partial charge in [-0.1, -0.05) is 197 Å². The Bertz CT molecular complexity index is 3130. The summed E-state index contributed by atoms with van der Waals surface area (Å²) in [6.45, 7) is 6.79. The van der Waals surface area contributed by atoms with Gasteiger partial charge in [0.1, 0.15) is 5.58 Å². The Hall–Kier alpha value is -7.16. The van der Waals surface area contributed by atoms with Crippen LogP contribution in [0, 0.1) is 0 Å². The van der Waals surface area contributed by atoms with Crippen molar-refractivity contribution in [1.82, 2.24) is 0 Å². The molecule has 2 nitrogen and oxygen atoms in total. The van der Waals surface area contributed by atoms with Crippen LogP contribution >= 0.6 is 0 Å². The maximum Gasteiger partial charge on any atom is 0.159 e. The molecule has 0 saturated carbocycles. The van der Waals surface area contributed by atoms with Crippen LogP contribution in [0.4, 0.5) is 17.1 Å². The first-order valence-electron chi connectivity index (χ1n) is 20.6. The van der Waals surface area contributed by atoms with E-state index in [0.29, 0.717) is 0 Å². The lowest BCUT2D eigenvalue weighted by molar-refractivity contribution is 0.590. The Kier molecular flexibility index (Phi) is 8.00. The van der Waals surface area contributed by atoms with Gasteiger partial charge in [0.05, 0.1) is 16.8 Å². The van der Waals surface area contributed by atoms with Crippen molar-refractivity contribution < 1.29 is 4.42 Å². The summed E-state index contributed by atoms with van der Waals surface area (Å²) >= 11 is 0. The van der Waals surface area contributed by atoms with E-state index in [1.165, 1.54) is 55.5 Å². The zero-order valence-corrected chi connectivity index (χ0v) is 33.5. The van der Waals surface area contributed by atoms with Crippen LogP contribution in [0.1, 0.15) is 48.6 Å². The predicted octanol–water partition coefficient (Wildman–Crippen LogP) is 15.5. The average molecular weight is 758 g/mol. The van der Waals surface area contributed by atoms with Crippen molar-refractivity contribution >= 4 is 49.8 Å². The number of furan rings is 1. The lowest BCUT2D eigenvalue weighted by Gasteiger charge is -2.34. The van der Waals surface area contributed by atoms with Gasteiger partial charge in [-0.25, -0.2) is 0 Å². The summed E-state index contributed by atoms with van der Waals surface area (Å²) in [5, 5.41) is 4.50. The first-order valence-corrected chi connectivity index (χ1v) is 20.6. The fraction of sp³-hybridized carbons (Fsp3) is 0.0877. The largest absolute Gasteiger partial charge is 0.453 e. The Morgan fingerprint density at radius 2 is 0.983 bits per heavy atom. The number of hydrogen-bond acceptors (Lipinski definition) is 2. The summed E-state index contributed by atoms with van der Waals surface area (Å²) in [6.07, 6.45) is 0. The first-order chi connectivity index (χ1) is 28.9. The van der Waals surface area contributed by atoms with E-state index in [9.17, 15) is 0 Å². The standard InChI is InChI=1S/C57H43NO/c1-56(2,3)41-33-28-38(29-34-41)39-30-35-44(36-31-39)58(52-27-14-23-46-47-37-32-40-16-10-11-21-45(40)54(47)59-55(46)52)51-26-15-25-50-53(51)48-22-12-13-24-49(48)57(50,42-17-6-4-7-18-42)43-19-8-5-9-20-43/h4-37H,1-3H3. The minimum atomic E-state index is -0.524. The average Bonchev–Trinajstić information content (AvgIpc) is 3.83. The Labute approximate surface area is 345 Å². The van der Waals surface area contributed by atoms with Gasteiger partial charge in [0.25, 0.3) is 0 Å². The number of para-hydroxylation sites is 1. The fourth-order valence-corrected chi connectivity index (χ4v) is 9.72. The van der Waals surface area contributed by atoms with Gasteiger partial charge in [-0.15, -0.1) is 0 Å². The van der Waals surface area contributed by atoms with E-state index in [2.05, 4.69) is 232 Å². The van der Waals surface area contributed by atoms with Crippen LogP contribution in [-0.4, -0.2) is 0 Å². The van der Waals surface area contributed by atoms with Gasteiger partial charge in [-0.2, -0.15) is 0 Å². The molecule has 0 aliphatic heterocycles. The molecule has 0 radical (unpaired) electrons. The minimum absolute atomic E-state index is 0.0972. The molecule has 10 aromatic rings. The molecule has 59 heavy (non-hydrogen) atoms. The third kappa shape index (κ3) is 5.40. The molecule has 0 saturated heterocycles. The number of benzene rings is 9. The van der Waals surface area contributed by atoms with Crippen LogP contribution < -0.4 is 4.90 Å². The molecule has 11 rings (SSSR count). The Balaban J connectivity index is 1.19. The summed E-state index contributed by atoms with van der Waals surface area (Å²) in [5.74, 6) is 0. The van der Waals surface area contributed by atoms with Gasteiger partial charge in [-0.3, -0.25) is 0 Å². The Morgan fingerprint density at radius 3 is 1.69 bits per heavy atom. The molecule has 0 unspecified atom stereocenters. The van der Waals surface area contributed by atoms with E-state index in [1.807, 2.05) is 0 Å². The van der Waals surface area contributed by atoms with Crippen molar-refractivity contribution in [3.63, 3.8) is 0 Å². The van der Waals surface area contributed by atoms with E-state index in [4.69, 9.17) is 4.42 Å². The minimum Gasteiger partial charge on any atom is -0.453 e. The number of anilines is 3. The topological polar surface area (TPSA) is 16.4 Å². The summed E-state index contributed by atoms with van der Waals surface area (Å²) in [5.41, 5.74) is 15.7. The molecule has 0 N–H and O–H groups in total. The highest BCUT2D eigenvalue weighted by Gasteiger charge is 2.47. The molecule has 0 spiro atoms. The van der Waals surface area contributed by atoms with Crippen LogP contribution in [0.2, 0.25) is 0 Å². The number of nitrogens with zero attached hydrogens (tertiary/aromatic N) is 1. The molecule has 0 atom stereocenters. The van der Waals surface area contributed by atoms with E-state index in [1.54, 1.807) is 0 Å². The molecule has 1 aliphatic carbocycles. The van der Waals surface area contributed by atoms with E-state index in [0.717, 1.165) is 44.4 Å². The normalized spacial score (nSPS) is 13.1. The fourth-order valence-electron chi connectivity index (χ4n) is 9.72. The van der Waals surface area contributed by atoms with Gasteiger partial charge in [0.2, 0.25) is 0 Å². The van der Waals surface area contributed by atoms with Crippen LogP contribution in [0.15, 0.2) is 211 Å². The van der Waals surface area contributed by atoms with Gasteiger partial charge in [0.15, 0.2) is 5.58 Å². The van der Waals surface area contributed by atoms with Crippen molar-refractivity contribution in [3.05, 3.63) is 234 Å². The van der Waals surface area contributed by atoms with E-state index >= 15 is 0 Å². The SMILES string of the molecule is CC(C)(C)c1ccc(-c2ccc(N(c3cccc4c3-c3ccccc3C4(c3ccccc3)c3ccccc3)c3cccc4c3oc3c5ccccc5ccc43)cc2)cc1. The maximum absolute atomic E-state index is 7.08. The second kappa shape index (κ2) is 13.5. The number of fused-ring (bicyclic) bond motifs is 8. The molecule has 9 aromatic carbocycles. The summed E-state index contributed by atoms with van der Waals surface area (Å²) < 4.78 is 7.08. The first kappa shape index (κ1) is 35.0. The molecular weight excluding hydrogens is 715 g/mol. The number of rotatable bonds is 6. The van der Waals surface area contributed by atoms with Crippen molar-refractivity contribution in [2.45, 2.75) is 31.6 Å². The van der Waals surface area contributed by atoms with E-state index < -0.39 is 5.41 Å². The quantitative estimate of drug-likeness (QED) is 0.168. The lowest BCUT2D eigenvalue weighted by atomic mass is 9.68. The molecule has 282 valence electrons. The highest BCUT2D eigenvalue weighted by atomic mass is 16.3. The van der Waals surface area contributed by atoms with Crippen LogP contribution in [0.3, 0.4) is 0 Å². The van der Waals surface area contributed by atoms with Crippen molar-refractivity contribution in [2.24, 2.45) is 0 Å². The Morgan fingerprint density at radius 1 is 0.424 bits per heavy atom. The van der Waals surface area contributed by atoms with Crippen LogP contribution in [-0.2, 0) is 10.8 Å². The van der Waals surface area contributed by atoms with Crippen LogP contribution in [0.25, 0.3) is 55.0 Å².